The molecule has 0 unspecified atom stereocenters. The van der Waals surface area contributed by atoms with Gasteiger partial charge in [-0.3, -0.25) is 4.98 Å². The summed E-state index contributed by atoms with van der Waals surface area (Å²) < 4.78 is 27.0. The maximum atomic E-state index is 13.9. The summed E-state index contributed by atoms with van der Waals surface area (Å²) in [5, 5.41) is 0.164. The van der Waals surface area contributed by atoms with Crippen molar-refractivity contribution in [1.82, 2.24) is 4.98 Å². The number of nitrogens with two attached hydrogens (primary N) is 1. The number of nitrogen functional groups attached to an aromatic ring is 1. The number of aromatic nitrogens is 1. The molecule has 0 radical (unpaired) electrons. The molecular weight excluding hydrogens is 246 g/mol. The van der Waals surface area contributed by atoms with Crippen LogP contribution in [0.15, 0.2) is 24.4 Å². The van der Waals surface area contributed by atoms with Crippen LogP contribution in [0.25, 0.3) is 11.3 Å². The molecule has 0 amide bonds. The van der Waals surface area contributed by atoms with Crippen molar-refractivity contribution in [2.45, 2.75) is 6.92 Å². The number of anilines is 1. The predicted molar refractivity (Wildman–Crippen MR) is 63.7 cm³/mol. The molecule has 0 aliphatic rings. The third-order valence-corrected chi connectivity index (χ3v) is 2.89. The lowest BCUT2D eigenvalue weighted by Crippen LogP contribution is -1.97. The smallest absolute Gasteiger partial charge is 0.138 e. The van der Waals surface area contributed by atoms with Gasteiger partial charge in [0, 0.05) is 17.3 Å². The van der Waals surface area contributed by atoms with E-state index in [1.807, 2.05) is 0 Å². The van der Waals surface area contributed by atoms with Crippen LogP contribution in [0, 0.1) is 18.6 Å². The first-order valence-corrected chi connectivity index (χ1v) is 5.25. The van der Waals surface area contributed by atoms with E-state index in [4.69, 9.17) is 17.3 Å². The van der Waals surface area contributed by atoms with Crippen LogP contribution in [0.1, 0.15) is 5.56 Å². The molecule has 17 heavy (non-hydrogen) atoms. The molecule has 88 valence electrons. The van der Waals surface area contributed by atoms with Gasteiger partial charge in [0.25, 0.3) is 0 Å². The van der Waals surface area contributed by atoms with Gasteiger partial charge in [-0.1, -0.05) is 11.6 Å². The summed E-state index contributed by atoms with van der Waals surface area (Å²) in [7, 11) is 0. The van der Waals surface area contributed by atoms with Gasteiger partial charge in [0.1, 0.15) is 11.6 Å². The molecule has 2 rings (SSSR count). The second-order valence-corrected chi connectivity index (χ2v) is 3.97. The Bertz CT molecular complexity index is 585. The standard InChI is InChI=1S/C12H9ClF2N2/c1-6-8(14)3-2-7(11(6)15)12-10(13)9(16)4-5-17-12/h2-5H,1H3,(H2,16,17). The Morgan fingerprint density at radius 2 is 1.94 bits per heavy atom. The van der Waals surface area contributed by atoms with Crippen molar-refractivity contribution in [2.75, 3.05) is 5.73 Å². The van der Waals surface area contributed by atoms with Crippen molar-refractivity contribution in [2.24, 2.45) is 0 Å². The Morgan fingerprint density at radius 1 is 1.24 bits per heavy atom. The summed E-state index contributed by atoms with van der Waals surface area (Å²) >= 11 is 5.94. The maximum Gasteiger partial charge on any atom is 0.138 e. The summed E-state index contributed by atoms with van der Waals surface area (Å²) in [4.78, 5) is 3.97. The molecular formula is C12H9ClF2N2. The second kappa shape index (κ2) is 4.30. The largest absolute Gasteiger partial charge is 0.397 e. The van der Waals surface area contributed by atoms with Gasteiger partial charge in [0.15, 0.2) is 0 Å². The topological polar surface area (TPSA) is 38.9 Å². The van der Waals surface area contributed by atoms with E-state index in [0.29, 0.717) is 5.69 Å². The molecule has 2 nitrogen and oxygen atoms in total. The fourth-order valence-corrected chi connectivity index (χ4v) is 1.70. The van der Waals surface area contributed by atoms with Crippen molar-refractivity contribution >= 4 is 17.3 Å². The van der Waals surface area contributed by atoms with Crippen molar-refractivity contribution in [1.29, 1.82) is 0 Å². The van der Waals surface area contributed by atoms with Gasteiger partial charge in [-0.05, 0) is 25.1 Å². The fourth-order valence-electron chi connectivity index (χ4n) is 1.49. The third kappa shape index (κ3) is 1.96. The van der Waals surface area contributed by atoms with E-state index in [-0.39, 0.29) is 21.8 Å². The first-order chi connectivity index (χ1) is 8.02. The minimum Gasteiger partial charge on any atom is -0.397 e. The van der Waals surface area contributed by atoms with Crippen LogP contribution in [0.3, 0.4) is 0 Å². The number of nitrogens with zero attached hydrogens (tertiary/aromatic N) is 1. The lowest BCUT2D eigenvalue weighted by molar-refractivity contribution is 0.570. The first kappa shape index (κ1) is 11.8. The van der Waals surface area contributed by atoms with Crippen molar-refractivity contribution in [3.63, 3.8) is 0 Å². The highest BCUT2D eigenvalue weighted by molar-refractivity contribution is 6.35. The van der Waals surface area contributed by atoms with Gasteiger partial charge in [0.2, 0.25) is 0 Å². The lowest BCUT2D eigenvalue weighted by atomic mass is 10.1. The highest BCUT2D eigenvalue weighted by atomic mass is 35.5. The molecule has 1 aromatic heterocycles. The zero-order valence-corrected chi connectivity index (χ0v) is 9.72. The SMILES string of the molecule is Cc1c(F)ccc(-c2nccc(N)c2Cl)c1F. The number of hydrogen-bond donors (Lipinski definition) is 1. The summed E-state index contributed by atoms with van der Waals surface area (Å²) in [6, 6.07) is 3.99. The van der Waals surface area contributed by atoms with Crippen LogP contribution < -0.4 is 5.73 Å². The Balaban J connectivity index is 2.69. The van der Waals surface area contributed by atoms with Crippen molar-refractivity contribution in [3.05, 3.63) is 46.6 Å². The molecule has 0 fully saturated rings. The van der Waals surface area contributed by atoms with Crippen LogP contribution in [-0.2, 0) is 0 Å². The molecule has 2 aromatic rings. The second-order valence-electron chi connectivity index (χ2n) is 3.60. The third-order valence-electron chi connectivity index (χ3n) is 2.49. The summed E-state index contributed by atoms with van der Waals surface area (Å²) in [5.41, 5.74) is 6.20. The highest BCUT2D eigenvalue weighted by Gasteiger charge is 2.15. The Labute approximate surface area is 102 Å². The molecule has 2 N–H and O–H groups in total. The van der Waals surface area contributed by atoms with Crippen LogP contribution in [0.5, 0.6) is 0 Å². The maximum absolute atomic E-state index is 13.9. The number of benzene rings is 1. The molecule has 0 bridgehead atoms. The molecule has 0 saturated carbocycles. The molecule has 1 aromatic carbocycles. The lowest BCUT2D eigenvalue weighted by Gasteiger charge is -2.08. The molecule has 0 aliphatic heterocycles. The van der Waals surface area contributed by atoms with Crippen molar-refractivity contribution < 1.29 is 8.78 Å². The molecule has 0 aliphatic carbocycles. The quantitative estimate of drug-likeness (QED) is 0.845. The van der Waals surface area contributed by atoms with Crippen LogP contribution in [0.4, 0.5) is 14.5 Å². The van der Waals surface area contributed by atoms with E-state index < -0.39 is 11.6 Å². The Kier molecular flexibility index (Phi) is 2.98. The normalized spacial score (nSPS) is 10.6. The summed E-state index contributed by atoms with van der Waals surface area (Å²) in [6.45, 7) is 1.36. The van der Waals surface area contributed by atoms with Crippen LogP contribution >= 0.6 is 11.6 Å². The van der Waals surface area contributed by atoms with Gasteiger partial charge in [-0.25, -0.2) is 8.78 Å². The van der Waals surface area contributed by atoms with Crippen LogP contribution in [-0.4, -0.2) is 4.98 Å². The van der Waals surface area contributed by atoms with E-state index in [1.54, 1.807) is 0 Å². The number of halogens is 3. The van der Waals surface area contributed by atoms with Gasteiger partial charge in [-0.15, -0.1) is 0 Å². The molecule has 5 heteroatoms. The van der Waals surface area contributed by atoms with Gasteiger partial charge >= 0.3 is 0 Å². The molecule has 0 spiro atoms. The Hall–Kier alpha value is -1.68. The minimum atomic E-state index is -0.676. The minimum absolute atomic E-state index is 0.0669. The number of pyridine rings is 1. The van der Waals surface area contributed by atoms with Crippen LogP contribution in [0.2, 0.25) is 5.02 Å². The van der Waals surface area contributed by atoms with E-state index in [0.717, 1.165) is 0 Å². The number of hydrogen-bond acceptors (Lipinski definition) is 2. The first-order valence-electron chi connectivity index (χ1n) is 4.87. The zero-order chi connectivity index (χ0) is 12.6. The average Bonchev–Trinajstić information content (AvgIpc) is 2.31. The number of rotatable bonds is 1. The Morgan fingerprint density at radius 3 is 2.65 bits per heavy atom. The summed E-state index contributed by atoms with van der Waals surface area (Å²) in [6.07, 6.45) is 1.43. The van der Waals surface area contributed by atoms with E-state index in [1.165, 1.54) is 31.3 Å². The van der Waals surface area contributed by atoms with E-state index in [9.17, 15) is 8.78 Å². The monoisotopic (exact) mass is 254 g/mol. The van der Waals surface area contributed by atoms with E-state index >= 15 is 0 Å². The molecule has 0 saturated heterocycles. The van der Waals surface area contributed by atoms with Gasteiger partial charge < -0.3 is 5.73 Å². The highest BCUT2D eigenvalue weighted by Crippen LogP contribution is 2.32. The molecule has 0 atom stereocenters. The summed E-state index contributed by atoms with van der Waals surface area (Å²) in [5.74, 6) is -1.28. The zero-order valence-electron chi connectivity index (χ0n) is 8.97. The fraction of sp³-hybridized carbons (Fsp3) is 0.0833. The predicted octanol–water partition coefficient (Wildman–Crippen LogP) is 3.57. The van der Waals surface area contributed by atoms with Crippen molar-refractivity contribution in [3.8, 4) is 11.3 Å². The van der Waals surface area contributed by atoms with Gasteiger partial charge in [0.05, 0.1) is 16.4 Å². The van der Waals surface area contributed by atoms with E-state index in [2.05, 4.69) is 4.98 Å². The average molecular weight is 255 g/mol. The van der Waals surface area contributed by atoms with Gasteiger partial charge in [-0.2, -0.15) is 0 Å². The molecule has 1 heterocycles.